The minimum atomic E-state index is -2.62. The summed E-state index contributed by atoms with van der Waals surface area (Å²) < 4.78 is 0. The molecule has 1 atom stereocenters. The molecule has 0 amide bonds. The van der Waals surface area contributed by atoms with E-state index in [2.05, 4.69) is 152 Å². The van der Waals surface area contributed by atoms with Gasteiger partial charge < -0.3 is 0 Å². The van der Waals surface area contributed by atoms with E-state index in [4.69, 9.17) is 0 Å². The zero-order chi connectivity index (χ0) is 25.5. The molecule has 0 aliphatic heterocycles. The second-order valence-electron chi connectivity index (χ2n) is 10.5. The second kappa shape index (κ2) is 9.27. The average Bonchev–Trinajstić information content (AvgIpc) is 3.52. The molecule has 0 saturated heterocycles. The van der Waals surface area contributed by atoms with Gasteiger partial charge in [-0.1, -0.05) is 156 Å². The predicted octanol–water partition coefficient (Wildman–Crippen LogP) is 7.90. The molecule has 0 heterocycles. The Morgan fingerprint density at radius 1 is 0.526 bits per heavy atom. The summed E-state index contributed by atoms with van der Waals surface area (Å²) in [5.74, 6) is 0. The van der Waals surface area contributed by atoms with Crippen LogP contribution in [0.5, 0.6) is 0 Å². The van der Waals surface area contributed by atoms with Crippen LogP contribution in [0.25, 0.3) is 16.7 Å². The van der Waals surface area contributed by atoms with Gasteiger partial charge in [0.2, 0.25) is 0 Å². The molecule has 38 heavy (non-hydrogen) atoms. The molecule has 182 valence electrons. The Bertz CT molecular complexity index is 1580. The highest BCUT2D eigenvalue weighted by Gasteiger charge is 2.55. The summed E-state index contributed by atoms with van der Waals surface area (Å²) in [5.41, 5.74) is 10.6. The summed E-state index contributed by atoms with van der Waals surface area (Å²) in [6, 6.07) is 50.3. The first-order chi connectivity index (χ1) is 18.8. The van der Waals surface area contributed by atoms with Crippen molar-refractivity contribution >= 4 is 24.0 Å². The summed E-state index contributed by atoms with van der Waals surface area (Å²) in [6.07, 6.45) is 5.56. The Hall–Kier alpha value is -4.20. The fourth-order valence-electron chi connectivity index (χ4n) is 7.26. The minimum absolute atomic E-state index is 0.289. The van der Waals surface area contributed by atoms with Crippen LogP contribution in [0.4, 0.5) is 0 Å². The first-order valence-corrected chi connectivity index (χ1v) is 15.7. The van der Waals surface area contributed by atoms with Crippen molar-refractivity contribution in [2.45, 2.75) is 17.5 Å². The first-order valence-electron chi connectivity index (χ1n) is 13.5. The van der Waals surface area contributed by atoms with Crippen LogP contribution in [0.3, 0.4) is 0 Å². The van der Waals surface area contributed by atoms with Gasteiger partial charge in [-0.3, -0.25) is 0 Å². The number of allylic oxidation sites excluding steroid dienone is 3. The van der Waals surface area contributed by atoms with Crippen LogP contribution < -0.4 is 10.4 Å². The molecule has 0 bridgehead atoms. The maximum absolute atomic E-state index is 4.11. The highest BCUT2D eigenvalue weighted by Crippen LogP contribution is 2.54. The van der Waals surface area contributed by atoms with Crippen LogP contribution in [0.1, 0.15) is 39.8 Å². The van der Waals surface area contributed by atoms with Crippen molar-refractivity contribution in [3.63, 3.8) is 0 Å². The molecule has 7 rings (SSSR count). The van der Waals surface area contributed by atoms with Crippen molar-refractivity contribution in [3.8, 4) is 11.1 Å². The fourth-order valence-corrected chi connectivity index (χ4v) is 13.5. The van der Waals surface area contributed by atoms with E-state index in [-0.39, 0.29) is 5.54 Å². The van der Waals surface area contributed by atoms with Crippen molar-refractivity contribution in [1.29, 1.82) is 0 Å². The maximum Gasteiger partial charge on any atom is 0.140 e. The van der Waals surface area contributed by atoms with Crippen LogP contribution in [0.15, 0.2) is 152 Å². The largest absolute Gasteiger partial charge is 0.140 e. The van der Waals surface area contributed by atoms with E-state index < -0.39 is 8.07 Å². The Morgan fingerprint density at radius 3 is 1.50 bits per heavy atom. The smallest absolute Gasteiger partial charge is 0.103 e. The lowest BCUT2D eigenvalue weighted by atomic mass is 10.0. The molecule has 1 unspecified atom stereocenters. The van der Waals surface area contributed by atoms with E-state index in [0.717, 1.165) is 6.42 Å². The molecule has 1 heteroatoms. The predicted molar refractivity (Wildman–Crippen MR) is 164 cm³/mol. The molecule has 2 aliphatic carbocycles. The van der Waals surface area contributed by atoms with Gasteiger partial charge in [0, 0.05) is 11.1 Å². The molecule has 5 aromatic carbocycles. The Morgan fingerprint density at radius 2 is 0.974 bits per heavy atom. The van der Waals surface area contributed by atoms with Crippen molar-refractivity contribution in [3.05, 3.63) is 174 Å². The molecule has 2 aliphatic rings. The first kappa shape index (κ1) is 23.0. The molecule has 0 nitrogen and oxygen atoms in total. The highest BCUT2D eigenvalue weighted by molar-refractivity contribution is 7.05. The summed E-state index contributed by atoms with van der Waals surface area (Å²) in [7, 11) is -2.62. The normalized spacial score (nSPS) is 15.9. The van der Waals surface area contributed by atoms with Gasteiger partial charge in [-0.15, -0.1) is 6.58 Å². The lowest BCUT2D eigenvalue weighted by Crippen LogP contribution is -2.66. The SMILES string of the molecule is C=CCC1=CC([Si](c2ccccc2)(c2ccccc2)C2c3ccccc3-c3ccccc32)c2ccccc21. The van der Waals surface area contributed by atoms with Crippen molar-refractivity contribution in [1.82, 2.24) is 0 Å². The summed E-state index contributed by atoms with van der Waals surface area (Å²) >= 11 is 0. The van der Waals surface area contributed by atoms with Crippen LogP contribution in [-0.2, 0) is 0 Å². The average molecular weight is 503 g/mol. The topological polar surface area (TPSA) is 0 Å². The van der Waals surface area contributed by atoms with Gasteiger partial charge in [-0.05, 0) is 45.4 Å². The van der Waals surface area contributed by atoms with Gasteiger partial charge in [0.1, 0.15) is 8.07 Å². The Kier molecular flexibility index (Phi) is 5.60. The van der Waals surface area contributed by atoms with Gasteiger partial charge >= 0.3 is 0 Å². The third kappa shape index (κ3) is 3.29. The van der Waals surface area contributed by atoms with E-state index in [1.807, 2.05) is 0 Å². The molecule has 0 saturated carbocycles. The molecule has 0 aromatic heterocycles. The summed E-state index contributed by atoms with van der Waals surface area (Å²) in [6.45, 7) is 4.11. The molecular formula is C37H30Si. The van der Waals surface area contributed by atoms with Gasteiger partial charge in [0.25, 0.3) is 0 Å². The van der Waals surface area contributed by atoms with E-state index >= 15 is 0 Å². The van der Waals surface area contributed by atoms with Crippen LogP contribution in [0.2, 0.25) is 0 Å². The van der Waals surface area contributed by atoms with Crippen LogP contribution in [-0.4, -0.2) is 8.07 Å². The van der Waals surface area contributed by atoms with E-state index in [9.17, 15) is 0 Å². The molecule has 0 radical (unpaired) electrons. The van der Waals surface area contributed by atoms with E-state index in [0.29, 0.717) is 5.54 Å². The van der Waals surface area contributed by atoms with Gasteiger partial charge in [-0.2, -0.15) is 0 Å². The van der Waals surface area contributed by atoms with Gasteiger partial charge in [0.05, 0.1) is 0 Å². The quantitative estimate of drug-likeness (QED) is 0.164. The van der Waals surface area contributed by atoms with E-state index in [1.54, 1.807) is 0 Å². The zero-order valence-electron chi connectivity index (χ0n) is 21.4. The van der Waals surface area contributed by atoms with Crippen molar-refractivity contribution in [2.24, 2.45) is 0 Å². The molecular weight excluding hydrogens is 472 g/mol. The third-order valence-electron chi connectivity index (χ3n) is 8.66. The van der Waals surface area contributed by atoms with E-state index in [1.165, 1.54) is 49.3 Å². The zero-order valence-corrected chi connectivity index (χ0v) is 22.4. The molecule has 0 fully saturated rings. The minimum Gasteiger partial charge on any atom is -0.103 e. The maximum atomic E-state index is 4.11. The second-order valence-corrected chi connectivity index (χ2v) is 14.6. The third-order valence-corrected chi connectivity index (χ3v) is 14.2. The van der Waals surface area contributed by atoms with Crippen LogP contribution in [0, 0.1) is 0 Å². The van der Waals surface area contributed by atoms with Crippen molar-refractivity contribution < 1.29 is 0 Å². The Balaban J connectivity index is 1.64. The number of hydrogen-bond donors (Lipinski definition) is 0. The highest BCUT2D eigenvalue weighted by atomic mass is 28.3. The summed E-state index contributed by atoms with van der Waals surface area (Å²) in [4.78, 5) is 0. The van der Waals surface area contributed by atoms with Crippen molar-refractivity contribution in [2.75, 3.05) is 0 Å². The molecule has 5 aromatic rings. The molecule has 0 spiro atoms. The van der Waals surface area contributed by atoms with Gasteiger partial charge in [-0.25, -0.2) is 0 Å². The Labute approximate surface area is 226 Å². The fraction of sp³-hybridized carbons (Fsp3) is 0.0811. The monoisotopic (exact) mass is 502 g/mol. The standard InChI is InChI=1S/C37H30Si/c1-2-15-27-26-36(33-23-12-9-20-30(27)33)38(28-16-5-3-6-17-28,29-18-7-4-8-19-29)37-34-24-13-10-21-31(34)32-22-11-14-25-35(32)37/h2-14,16-26,36-37H,1,15H2. The molecule has 0 N–H and O–H groups in total. The van der Waals surface area contributed by atoms with Gasteiger partial charge in [0.15, 0.2) is 0 Å². The summed E-state index contributed by atoms with van der Waals surface area (Å²) in [5, 5.41) is 2.97. The number of fused-ring (bicyclic) bond motifs is 4. The lowest BCUT2D eigenvalue weighted by Gasteiger charge is -2.44. The lowest BCUT2D eigenvalue weighted by molar-refractivity contribution is 1.05. The number of benzene rings is 5. The number of hydrogen-bond acceptors (Lipinski definition) is 0. The van der Waals surface area contributed by atoms with Crippen LogP contribution >= 0.6 is 0 Å². The number of rotatable bonds is 6.